The lowest BCUT2D eigenvalue weighted by Crippen LogP contribution is -2.06. The van der Waals surface area contributed by atoms with E-state index in [0.717, 1.165) is 37.2 Å². The standard InChI is InChI=1S/C24H26Cl2F2O2/c1-12(2)14-7-17(29-16-4-5-16)10-18(8-14)30-21-9-15(21)6-13(3)19-11-20(25)24(28)22(26)23(19)27/h7-8,10-13,15-16,21H,4-6,9H2,1-3H3. The maximum atomic E-state index is 14.4. The van der Waals surface area contributed by atoms with Crippen LogP contribution >= 0.6 is 23.2 Å². The van der Waals surface area contributed by atoms with Gasteiger partial charge >= 0.3 is 0 Å². The summed E-state index contributed by atoms with van der Waals surface area (Å²) in [7, 11) is 0. The molecule has 2 fully saturated rings. The van der Waals surface area contributed by atoms with Gasteiger partial charge in [-0.05, 0) is 72.8 Å². The first-order chi connectivity index (χ1) is 14.2. The lowest BCUT2D eigenvalue weighted by Gasteiger charge is -2.16. The summed E-state index contributed by atoms with van der Waals surface area (Å²) in [6, 6.07) is 7.46. The summed E-state index contributed by atoms with van der Waals surface area (Å²) in [4.78, 5) is 0. The van der Waals surface area contributed by atoms with Crippen molar-refractivity contribution in [1.82, 2.24) is 0 Å². The van der Waals surface area contributed by atoms with Gasteiger partial charge in [0.05, 0.1) is 11.1 Å². The average Bonchev–Trinajstić information content (AvgIpc) is 3.62. The van der Waals surface area contributed by atoms with Gasteiger partial charge in [-0.1, -0.05) is 44.0 Å². The van der Waals surface area contributed by atoms with Crippen molar-refractivity contribution in [3.63, 3.8) is 0 Å². The van der Waals surface area contributed by atoms with Gasteiger partial charge < -0.3 is 9.47 Å². The van der Waals surface area contributed by atoms with Gasteiger partial charge in [-0.25, -0.2) is 8.78 Å². The summed E-state index contributed by atoms with van der Waals surface area (Å²) in [5, 5.41) is -0.692. The summed E-state index contributed by atoms with van der Waals surface area (Å²) in [5.41, 5.74) is 1.53. The van der Waals surface area contributed by atoms with Crippen molar-refractivity contribution in [3.05, 3.63) is 57.1 Å². The van der Waals surface area contributed by atoms with Crippen LogP contribution < -0.4 is 9.47 Å². The molecule has 2 aromatic rings. The molecule has 6 heteroatoms. The zero-order valence-electron chi connectivity index (χ0n) is 17.4. The quantitative estimate of drug-likeness (QED) is 0.298. The fourth-order valence-corrected chi connectivity index (χ4v) is 4.23. The highest BCUT2D eigenvalue weighted by Crippen LogP contribution is 2.44. The first kappa shape index (κ1) is 21.7. The summed E-state index contributed by atoms with van der Waals surface area (Å²) < 4.78 is 40.3. The second-order valence-corrected chi connectivity index (χ2v) is 9.67. The molecule has 2 nitrogen and oxygen atoms in total. The minimum absolute atomic E-state index is 0.0816. The molecule has 0 heterocycles. The van der Waals surface area contributed by atoms with Crippen LogP contribution in [-0.4, -0.2) is 12.2 Å². The van der Waals surface area contributed by atoms with Gasteiger partial charge in [-0.15, -0.1) is 0 Å². The van der Waals surface area contributed by atoms with Crippen molar-refractivity contribution in [1.29, 1.82) is 0 Å². The summed E-state index contributed by atoms with van der Waals surface area (Å²) >= 11 is 11.6. The maximum Gasteiger partial charge on any atom is 0.163 e. The maximum absolute atomic E-state index is 14.4. The SMILES string of the molecule is CC(C)c1cc(OC2CC2)cc(OC2CC2CC(C)c2cc(Cl)c(F)c(Cl)c2F)c1. The first-order valence-corrected chi connectivity index (χ1v) is 11.3. The third kappa shape index (κ3) is 4.86. The summed E-state index contributed by atoms with van der Waals surface area (Å²) in [5.74, 6) is 0.580. The third-order valence-corrected chi connectivity index (χ3v) is 6.47. The Kier molecular flexibility index (Phi) is 6.18. The molecule has 0 aliphatic heterocycles. The molecular weight excluding hydrogens is 429 g/mol. The molecule has 3 atom stereocenters. The number of benzene rings is 2. The molecular formula is C24H26Cl2F2O2. The number of halogens is 4. The Balaban J connectivity index is 1.41. The average molecular weight is 455 g/mol. The molecule has 2 aliphatic rings. The lowest BCUT2D eigenvalue weighted by molar-refractivity contribution is 0.271. The monoisotopic (exact) mass is 454 g/mol. The predicted molar refractivity (Wildman–Crippen MR) is 116 cm³/mol. The van der Waals surface area contributed by atoms with E-state index in [2.05, 4.69) is 26.0 Å². The van der Waals surface area contributed by atoms with E-state index in [1.807, 2.05) is 13.0 Å². The summed E-state index contributed by atoms with van der Waals surface area (Å²) in [6.45, 7) is 6.20. The minimum atomic E-state index is -0.909. The van der Waals surface area contributed by atoms with Gasteiger partial charge in [0.1, 0.15) is 28.4 Å². The van der Waals surface area contributed by atoms with E-state index in [1.165, 1.54) is 11.6 Å². The second-order valence-electron chi connectivity index (χ2n) is 8.89. The minimum Gasteiger partial charge on any atom is -0.490 e. The van der Waals surface area contributed by atoms with Crippen molar-refractivity contribution in [2.24, 2.45) is 5.92 Å². The molecule has 0 bridgehead atoms. The van der Waals surface area contributed by atoms with Gasteiger partial charge in [-0.3, -0.25) is 0 Å². The lowest BCUT2D eigenvalue weighted by atomic mass is 9.94. The molecule has 0 spiro atoms. The Bertz CT molecular complexity index is 943. The highest BCUT2D eigenvalue weighted by atomic mass is 35.5. The van der Waals surface area contributed by atoms with Gasteiger partial charge in [-0.2, -0.15) is 0 Å². The van der Waals surface area contributed by atoms with E-state index in [4.69, 9.17) is 32.7 Å². The molecule has 2 saturated carbocycles. The van der Waals surface area contributed by atoms with Crippen LogP contribution in [0.3, 0.4) is 0 Å². The molecule has 2 aromatic carbocycles. The van der Waals surface area contributed by atoms with Crippen LogP contribution in [0.4, 0.5) is 8.78 Å². The van der Waals surface area contributed by atoms with E-state index in [9.17, 15) is 8.78 Å². The number of rotatable bonds is 8. The zero-order valence-corrected chi connectivity index (χ0v) is 18.9. The van der Waals surface area contributed by atoms with Crippen molar-refractivity contribution in [2.45, 2.75) is 70.5 Å². The van der Waals surface area contributed by atoms with Crippen LogP contribution in [0, 0.1) is 17.6 Å². The zero-order chi connectivity index (χ0) is 21.6. The van der Waals surface area contributed by atoms with E-state index in [-0.39, 0.29) is 17.0 Å². The van der Waals surface area contributed by atoms with Crippen molar-refractivity contribution >= 4 is 23.2 Å². The van der Waals surface area contributed by atoms with Crippen LogP contribution in [0.5, 0.6) is 11.5 Å². The largest absolute Gasteiger partial charge is 0.490 e. The molecule has 3 unspecified atom stereocenters. The Morgan fingerprint density at radius 3 is 2.27 bits per heavy atom. The molecule has 0 amide bonds. The highest BCUT2D eigenvalue weighted by molar-refractivity contribution is 6.35. The fraction of sp³-hybridized carbons (Fsp3) is 0.500. The molecule has 30 heavy (non-hydrogen) atoms. The van der Waals surface area contributed by atoms with Crippen molar-refractivity contribution < 1.29 is 18.3 Å². The summed E-state index contributed by atoms with van der Waals surface area (Å²) in [6.07, 6.45) is 4.25. The van der Waals surface area contributed by atoms with Gasteiger partial charge in [0.25, 0.3) is 0 Å². The van der Waals surface area contributed by atoms with Crippen LogP contribution in [0.15, 0.2) is 24.3 Å². The van der Waals surface area contributed by atoms with Crippen molar-refractivity contribution in [2.75, 3.05) is 0 Å². The fourth-order valence-electron chi connectivity index (χ4n) is 3.76. The van der Waals surface area contributed by atoms with E-state index in [1.54, 1.807) is 0 Å². The van der Waals surface area contributed by atoms with E-state index in [0.29, 0.717) is 23.5 Å². The van der Waals surface area contributed by atoms with Crippen LogP contribution in [0.1, 0.15) is 69.4 Å². The smallest absolute Gasteiger partial charge is 0.163 e. The number of hydrogen-bond donors (Lipinski definition) is 0. The number of ether oxygens (including phenoxy) is 2. The highest BCUT2D eigenvalue weighted by Gasteiger charge is 2.41. The molecule has 2 aliphatic carbocycles. The Morgan fingerprint density at radius 2 is 1.63 bits per heavy atom. The third-order valence-electron chi connectivity index (χ3n) is 5.86. The molecule has 0 saturated heterocycles. The van der Waals surface area contributed by atoms with Gasteiger partial charge in [0.2, 0.25) is 0 Å². The molecule has 0 N–H and O–H groups in total. The van der Waals surface area contributed by atoms with Crippen LogP contribution in [0.2, 0.25) is 10.0 Å². The number of hydrogen-bond acceptors (Lipinski definition) is 2. The van der Waals surface area contributed by atoms with Gasteiger partial charge in [0, 0.05) is 6.07 Å². The van der Waals surface area contributed by atoms with Gasteiger partial charge in [0.15, 0.2) is 5.82 Å². The van der Waals surface area contributed by atoms with Crippen molar-refractivity contribution in [3.8, 4) is 11.5 Å². The topological polar surface area (TPSA) is 18.5 Å². The normalized spacial score (nSPS) is 21.6. The van der Waals surface area contributed by atoms with E-state index < -0.39 is 16.7 Å². The first-order valence-electron chi connectivity index (χ1n) is 10.5. The van der Waals surface area contributed by atoms with E-state index >= 15 is 0 Å². The Labute approximate surface area is 186 Å². The molecule has 0 radical (unpaired) electrons. The second kappa shape index (κ2) is 8.55. The van der Waals surface area contributed by atoms with Crippen LogP contribution in [-0.2, 0) is 0 Å². The predicted octanol–water partition coefficient (Wildman–Crippen LogP) is 7.90. The Hall–Kier alpha value is -1.52. The molecule has 162 valence electrons. The molecule has 4 rings (SSSR count). The Morgan fingerprint density at radius 1 is 0.967 bits per heavy atom. The molecule has 0 aromatic heterocycles. The van der Waals surface area contributed by atoms with Crippen LogP contribution in [0.25, 0.3) is 0 Å².